The van der Waals surface area contributed by atoms with Crippen molar-refractivity contribution in [2.45, 2.75) is 44.8 Å². The molecule has 0 aliphatic carbocycles. The normalized spacial score (nSPS) is 19.7. The standard InChI is InChI=1S/C16H25NO3/c1-16(2,17)10-12-6-7-14(18-3)15(9-12)20-13-5-4-8-19-11-13/h6-7,9,13H,4-5,8,10-11,17H2,1-3H3. The quantitative estimate of drug-likeness (QED) is 0.900. The molecule has 1 saturated heterocycles. The van der Waals surface area contributed by atoms with E-state index < -0.39 is 0 Å². The molecule has 0 aromatic heterocycles. The Morgan fingerprint density at radius 2 is 2.15 bits per heavy atom. The van der Waals surface area contributed by atoms with Crippen LogP contribution in [0, 0.1) is 0 Å². The second-order valence-corrected chi connectivity index (χ2v) is 6.11. The lowest BCUT2D eigenvalue weighted by molar-refractivity contribution is 0.00640. The van der Waals surface area contributed by atoms with E-state index in [1.54, 1.807) is 7.11 Å². The number of hydrogen-bond acceptors (Lipinski definition) is 4. The van der Waals surface area contributed by atoms with Gasteiger partial charge in [0.1, 0.15) is 6.10 Å². The Hall–Kier alpha value is -1.26. The molecule has 1 unspecified atom stereocenters. The third-order valence-electron chi connectivity index (χ3n) is 3.30. The predicted octanol–water partition coefficient (Wildman–Crippen LogP) is 2.53. The van der Waals surface area contributed by atoms with Gasteiger partial charge in [0.15, 0.2) is 11.5 Å². The minimum atomic E-state index is -0.236. The SMILES string of the molecule is COc1ccc(CC(C)(C)N)cc1OC1CCCOC1. The number of nitrogens with two attached hydrogens (primary N) is 1. The molecule has 20 heavy (non-hydrogen) atoms. The lowest BCUT2D eigenvalue weighted by atomic mass is 9.96. The maximum absolute atomic E-state index is 6.08. The minimum absolute atomic E-state index is 0.110. The summed E-state index contributed by atoms with van der Waals surface area (Å²) in [5, 5.41) is 0. The highest BCUT2D eigenvalue weighted by Gasteiger charge is 2.19. The molecule has 1 heterocycles. The molecule has 0 radical (unpaired) electrons. The topological polar surface area (TPSA) is 53.7 Å². The van der Waals surface area contributed by atoms with E-state index in [9.17, 15) is 0 Å². The minimum Gasteiger partial charge on any atom is -0.493 e. The Balaban J connectivity index is 2.13. The van der Waals surface area contributed by atoms with Crippen molar-refractivity contribution in [3.05, 3.63) is 23.8 Å². The molecule has 1 atom stereocenters. The van der Waals surface area contributed by atoms with Crippen molar-refractivity contribution in [1.82, 2.24) is 0 Å². The van der Waals surface area contributed by atoms with Crippen molar-refractivity contribution in [2.24, 2.45) is 5.73 Å². The number of rotatable bonds is 5. The van der Waals surface area contributed by atoms with E-state index in [4.69, 9.17) is 19.9 Å². The summed E-state index contributed by atoms with van der Waals surface area (Å²) in [6.45, 7) is 5.52. The smallest absolute Gasteiger partial charge is 0.161 e. The summed E-state index contributed by atoms with van der Waals surface area (Å²) in [5.41, 5.74) is 7.00. The molecule has 2 N–H and O–H groups in total. The van der Waals surface area contributed by atoms with Crippen LogP contribution in [0.3, 0.4) is 0 Å². The van der Waals surface area contributed by atoms with Gasteiger partial charge in [0.05, 0.1) is 13.7 Å². The highest BCUT2D eigenvalue weighted by atomic mass is 16.5. The molecule has 1 fully saturated rings. The van der Waals surface area contributed by atoms with Crippen molar-refractivity contribution in [3.63, 3.8) is 0 Å². The van der Waals surface area contributed by atoms with Gasteiger partial charge in [-0.05, 0) is 50.8 Å². The average molecular weight is 279 g/mol. The summed E-state index contributed by atoms with van der Waals surface area (Å²) in [5.74, 6) is 1.54. The second kappa shape index (κ2) is 6.46. The molecule has 1 aromatic rings. The van der Waals surface area contributed by atoms with Crippen LogP contribution in [0.15, 0.2) is 18.2 Å². The summed E-state index contributed by atoms with van der Waals surface area (Å²) in [4.78, 5) is 0. The Kier molecular flexibility index (Phi) is 4.89. The summed E-state index contributed by atoms with van der Waals surface area (Å²) in [6.07, 6.45) is 2.98. The Morgan fingerprint density at radius 3 is 2.75 bits per heavy atom. The van der Waals surface area contributed by atoms with E-state index in [0.717, 1.165) is 42.9 Å². The molecule has 0 bridgehead atoms. The molecule has 1 aromatic carbocycles. The molecule has 4 heteroatoms. The van der Waals surface area contributed by atoms with Crippen molar-refractivity contribution < 1.29 is 14.2 Å². The van der Waals surface area contributed by atoms with E-state index in [-0.39, 0.29) is 11.6 Å². The zero-order valence-corrected chi connectivity index (χ0v) is 12.6. The van der Waals surface area contributed by atoms with Gasteiger partial charge in [0, 0.05) is 12.1 Å². The van der Waals surface area contributed by atoms with Crippen LogP contribution in [-0.2, 0) is 11.2 Å². The van der Waals surface area contributed by atoms with Crippen LogP contribution in [0.4, 0.5) is 0 Å². The Bertz CT molecular complexity index is 434. The summed E-state index contributed by atoms with van der Waals surface area (Å²) in [7, 11) is 1.66. The van der Waals surface area contributed by atoms with E-state index in [1.165, 1.54) is 0 Å². The van der Waals surface area contributed by atoms with E-state index in [0.29, 0.717) is 6.61 Å². The lowest BCUT2D eigenvalue weighted by Crippen LogP contribution is -2.34. The van der Waals surface area contributed by atoms with Gasteiger partial charge in [-0.1, -0.05) is 6.07 Å². The van der Waals surface area contributed by atoms with Gasteiger partial charge in [-0.2, -0.15) is 0 Å². The predicted molar refractivity (Wildman–Crippen MR) is 79.4 cm³/mol. The van der Waals surface area contributed by atoms with Crippen molar-refractivity contribution in [2.75, 3.05) is 20.3 Å². The number of ether oxygens (including phenoxy) is 3. The third kappa shape index (κ3) is 4.39. The van der Waals surface area contributed by atoms with Crippen LogP contribution in [-0.4, -0.2) is 32.0 Å². The highest BCUT2D eigenvalue weighted by molar-refractivity contribution is 5.43. The maximum atomic E-state index is 6.08. The summed E-state index contributed by atoms with van der Waals surface area (Å²) < 4.78 is 16.9. The van der Waals surface area contributed by atoms with Gasteiger partial charge < -0.3 is 19.9 Å². The van der Waals surface area contributed by atoms with Gasteiger partial charge >= 0.3 is 0 Å². The molecular weight excluding hydrogens is 254 g/mol. The number of benzene rings is 1. The van der Waals surface area contributed by atoms with E-state index in [2.05, 4.69) is 0 Å². The fraction of sp³-hybridized carbons (Fsp3) is 0.625. The first-order chi connectivity index (χ1) is 9.48. The zero-order chi connectivity index (χ0) is 14.6. The highest BCUT2D eigenvalue weighted by Crippen LogP contribution is 2.31. The van der Waals surface area contributed by atoms with Gasteiger partial charge in [-0.15, -0.1) is 0 Å². The lowest BCUT2D eigenvalue weighted by Gasteiger charge is -2.25. The van der Waals surface area contributed by atoms with Crippen LogP contribution in [0.5, 0.6) is 11.5 Å². The Labute approximate surface area is 121 Å². The molecular formula is C16H25NO3. The number of hydrogen-bond donors (Lipinski definition) is 1. The van der Waals surface area contributed by atoms with Crippen molar-refractivity contribution in [1.29, 1.82) is 0 Å². The molecule has 1 aliphatic rings. The van der Waals surface area contributed by atoms with Gasteiger partial charge in [0.25, 0.3) is 0 Å². The van der Waals surface area contributed by atoms with E-state index >= 15 is 0 Å². The maximum Gasteiger partial charge on any atom is 0.161 e. The van der Waals surface area contributed by atoms with Crippen LogP contribution < -0.4 is 15.2 Å². The number of methoxy groups -OCH3 is 1. The second-order valence-electron chi connectivity index (χ2n) is 6.11. The molecule has 112 valence electrons. The van der Waals surface area contributed by atoms with Crippen molar-refractivity contribution in [3.8, 4) is 11.5 Å². The molecule has 0 spiro atoms. The first-order valence-corrected chi connectivity index (χ1v) is 7.18. The van der Waals surface area contributed by atoms with Crippen LogP contribution in [0.2, 0.25) is 0 Å². The first-order valence-electron chi connectivity index (χ1n) is 7.18. The van der Waals surface area contributed by atoms with Crippen LogP contribution in [0.1, 0.15) is 32.3 Å². The molecule has 0 saturated carbocycles. The summed E-state index contributed by atoms with van der Waals surface area (Å²) >= 11 is 0. The van der Waals surface area contributed by atoms with Gasteiger partial charge in [-0.3, -0.25) is 0 Å². The Morgan fingerprint density at radius 1 is 1.35 bits per heavy atom. The average Bonchev–Trinajstić information content (AvgIpc) is 2.38. The summed E-state index contributed by atoms with van der Waals surface area (Å²) in [6, 6.07) is 6.01. The molecule has 2 rings (SSSR count). The van der Waals surface area contributed by atoms with Gasteiger partial charge in [0.2, 0.25) is 0 Å². The zero-order valence-electron chi connectivity index (χ0n) is 12.6. The third-order valence-corrected chi connectivity index (χ3v) is 3.30. The van der Waals surface area contributed by atoms with E-state index in [1.807, 2.05) is 32.0 Å². The van der Waals surface area contributed by atoms with Gasteiger partial charge in [-0.25, -0.2) is 0 Å². The first kappa shape index (κ1) is 15.1. The van der Waals surface area contributed by atoms with Crippen molar-refractivity contribution >= 4 is 0 Å². The monoisotopic (exact) mass is 279 g/mol. The fourth-order valence-electron chi connectivity index (χ4n) is 2.43. The molecule has 1 aliphatic heterocycles. The van der Waals surface area contributed by atoms with Crippen LogP contribution >= 0.6 is 0 Å². The molecule has 4 nitrogen and oxygen atoms in total. The largest absolute Gasteiger partial charge is 0.493 e. The fourth-order valence-corrected chi connectivity index (χ4v) is 2.43. The van der Waals surface area contributed by atoms with Crippen LogP contribution in [0.25, 0.3) is 0 Å². The molecule has 0 amide bonds.